The molecule has 1 fully saturated rings. The summed E-state index contributed by atoms with van der Waals surface area (Å²) >= 11 is 0. The first-order valence-corrected chi connectivity index (χ1v) is 8.25. The van der Waals surface area contributed by atoms with Crippen molar-refractivity contribution in [3.05, 3.63) is 47.6 Å². The lowest BCUT2D eigenvalue weighted by atomic mass is 9.54. The summed E-state index contributed by atoms with van der Waals surface area (Å²) in [5, 5.41) is 4.11. The van der Waals surface area contributed by atoms with Crippen molar-refractivity contribution in [2.45, 2.75) is 51.7 Å². The van der Waals surface area contributed by atoms with E-state index in [4.69, 9.17) is 15.0 Å². The standard InChI is InChI=1S/C18H25N3O2.ClH/c1-4-22-14-12-18(19,17(14,2)3)16-20-15(21-23-16)11-10-13-8-6-5-7-9-13;/h5-9,14H,4,10-12,19H2,1-3H3;1H. The van der Waals surface area contributed by atoms with E-state index in [0.717, 1.165) is 12.8 Å². The van der Waals surface area contributed by atoms with Crippen LogP contribution < -0.4 is 5.73 Å². The number of aromatic nitrogens is 2. The highest BCUT2D eigenvalue weighted by molar-refractivity contribution is 5.85. The van der Waals surface area contributed by atoms with Gasteiger partial charge < -0.3 is 15.0 Å². The molecule has 1 aromatic heterocycles. The van der Waals surface area contributed by atoms with E-state index in [0.29, 0.717) is 24.7 Å². The Bertz CT molecular complexity index is 659. The largest absolute Gasteiger partial charge is 0.378 e. The fourth-order valence-electron chi connectivity index (χ4n) is 3.24. The summed E-state index contributed by atoms with van der Waals surface area (Å²) in [5.74, 6) is 1.24. The normalized spacial score (nSPS) is 24.9. The molecule has 1 aliphatic carbocycles. The van der Waals surface area contributed by atoms with Gasteiger partial charge in [0.2, 0.25) is 5.89 Å². The van der Waals surface area contributed by atoms with Crippen molar-refractivity contribution in [2.75, 3.05) is 6.61 Å². The van der Waals surface area contributed by atoms with Gasteiger partial charge in [0.1, 0.15) is 5.54 Å². The minimum atomic E-state index is -0.606. The fourth-order valence-corrected chi connectivity index (χ4v) is 3.24. The quantitative estimate of drug-likeness (QED) is 0.864. The van der Waals surface area contributed by atoms with Gasteiger partial charge in [0, 0.05) is 24.9 Å². The molecule has 1 saturated carbocycles. The van der Waals surface area contributed by atoms with Crippen LogP contribution in [0, 0.1) is 5.41 Å². The molecular formula is C18H26ClN3O2. The lowest BCUT2D eigenvalue weighted by Gasteiger charge is -2.56. The Hall–Kier alpha value is -1.43. The highest BCUT2D eigenvalue weighted by Crippen LogP contribution is 2.55. The molecule has 6 heteroatoms. The first kappa shape index (κ1) is 18.9. The molecule has 2 atom stereocenters. The molecule has 0 bridgehead atoms. The van der Waals surface area contributed by atoms with Gasteiger partial charge in [0.15, 0.2) is 5.82 Å². The number of nitrogens with two attached hydrogens (primary N) is 1. The van der Waals surface area contributed by atoms with Gasteiger partial charge in [-0.05, 0) is 18.9 Å². The monoisotopic (exact) mass is 351 g/mol. The first-order valence-electron chi connectivity index (χ1n) is 8.25. The van der Waals surface area contributed by atoms with Crippen molar-refractivity contribution in [1.29, 1.82) is 0 Å². The van der Waals surface area contributed by atoms with Gasteiger partial charge in [0.05, 0.1) is 6.10 Å². The zero-order chi connectivity index (χ0) is 16.5. The van der Waals surface area contributed by atoms with Crippen LogP contribution >= 0.6 is 12.4 Å². The Morgan fingerprint density at radius 2 is 1.96 bits per heavy atom. The topological polar surface area (TPSA) is 74.2 Å². The first-order chi connectivity index (χ1) is 11.0. The van der Waals surface area contributed by atoms with Crippen molar-refractivity contribution < 1.29 is 9.26 Å². The third-order valence-electron chi connectivity index (χ3n) is 5.16. The molecule has 5 nitrogen and oxygen atoms in total. The average molecular weight is 352 g/mol. The predicted molar refractivity (Wildman–Crippen MR) is 95.1 cm³/mol. The van der Waals surface area contributed by atoms with E-state index in [2.05, 4.69) is 36.1 Å². The Balaban J connectivity index is 0.00000208. The van der Waals surface area contributed by atoms with Crippen LogP contribution in [0.1, 0.15) is 44.5 Å². The fraction of sp³-hybridized carbons (Fsp3) is 0.556. The predicted octanol–water partition coefficient (Wildman–Crippen LogP) is 3.27. The maximum absolute atomic E-state index is 6.57. The molecule has 1 aromatic carbocycles. The number of nitrogens with zero attached hydrogens (tertiary/aromatic N) is 2. The number of halogens is 1. The van der Waals surface area contributed by atoms with Crippen molar-refractivity contribution in [1.82, 2.24) is 10.1 Å². The summed E-state index contributed by atoms with van der Waals surface area (Å²) in [7, 11) is 0. The van der Waals surface area contributed by atoms with Gasteiger partial charge in [-0.1, -0.05) is 49.3 Å². The van der Waals surface area contributed by atoms with Crippen molar-refractivity contribution >= 4 is 12.4 Å². The van der Waals surface area contributed by atoms with Crippen LogP contribution in [0.5, 0.6) is 0 Å². The summed E-state index contributed by atoms with van der Waals surface area (Å²) in [4.78, 5) is 4.55. The van der Waals surface area contributed by atoms with Crippen LogP contribution in [0.4, 0.5) is 0 Å². The third-order valence-corrected chi connectivity index (χ3v) is 5.16. The molecule has 0 amide bonds. The zero-order valence-electron chi connectivity index (χ0n) is 14.5. The number of aryl methyl sites for hydroxylation is 2. The minimum absolute atomic E-state index is 0. The number of ether oxygens (including phenoxy) is 1. The van der Waals surface area contributed by atoms with Crippen molar-refractivity contribution in [3.8, 4) is 0 Å². The van der Waals surface area contributed by atoms with Crippen LogP contribution in [-0.2, 0) is 23.1 Å². The molecule has 1 heterocycles. The number of benzene rings is 1. The van der Waals surface area contributed by atoms with E-state index >= 15 is 0 Å². The summed E-state index contributed by atoms with van der Waals surface area (Å²) in [5.41, 5.74) is 7.01. The van der Waals surface area contributed by atoms with Gasteiger partial charge in [-0.3, -0.25) is 0 Å². The Labute approximate surface area is 149 Å². The molecule has 24 heavy (non-hydrogen) atoms. The summed E-state index contributed by atoms with van der Waals surface area (Å²) in [6.45, 7) is 6.90. The van der Waals surface area contributed by atoms with Gasteiger partial charge in [-0.25, -0.2) is 0 Å². The zero-order valence-corrected chi connectivity index (χ0v) is 15.3. The number of rotatable bonds is 6. The lowest BCUT2D eigenvalue weighted by molar-refractivity contribution is -0.162. The summed E-state index contributed by atoms with van der Waals surface area (Å²) in [6.07, 6.45) is 2.49. The van der Waals surface area contributed by atoms with Crippen LogP contribution in [0.15, 0.2) is 34.9 Å². The molecule has 0 aliphatic heterocycles. The third kappa shape index (κ3) is 3.21. The maximum atomic E-state index is 6.57. The molecular weight excluding hydrogens is 326 g/mol. The highest BCUT2D eigenvalue weighted by atomic mass is 35.5. The average Bonchev–Trinajstić information content (AvgIpc) is 3.03. The smallest absolute Gasteiger partial charge is 0.247 e. The molecule has 0 spiro atoms. The molecule has 2 unspecified atom stereocenters. The van der Waals surface area contributed by atoms with Gasteiger partial charge >= 0.3 is 0 Å². The molecule has 0 saturated heterocycles. The minimum Gasteiger partial charge on any atom is -0.378 e. The SMILES string of the molecule is CCOC1CC(N)(c2nc(CCc3ccccc3)no2)C1(C)C.Cl. The summed E-state index contributed by atoms with van der Waals surface area (Å²) < 4.78 is 11.2. The van der Waals surface area contributed by atoms with E-state index in [1.165, 1.54) is 5.56 Å². The number of hydrogen-bond donors (Lipinski definition) is 1. The van der Waals surface area contributed by atoms with Gasteiger partial charge in [-0.2, -0.15) is 4.98 Å². The second-order valence-electron chi connectivity index (χ2n) is 6.84. The lowest BCUT2D eigenvalue weighted by Crippen LogP contribution is -2.67. The van der Waals surface area contributed by atoms with Crippen molar-refractivity contribution in [2.24, 2.45) is 11.1 Å². The molecule has 2 aromatic rings. The van der Waals surface area contributed by atoms with E-state index in [-0.39, 0.29) is 23.9 Å². The number of hydrogen-bond acceptors (Lipinski definition) is 5. The maximum Gasteiger partial charge on any atom is 0.247 e. The second-order valence-corrected chi connectivity index (χ2v) is 6.84. The van der Waals surface area contributed by atoms with E-state index in [1.54, 1.807) is 0 Å². The Morgan fingerprint density at radius 3 is 2.58 bits per heavy atom. The van der Waals surface area contributed by atoms with E-state index in [1.807, 2.05) is 25.1 Å². The second kappa shape index (κ2) is 7.21. The Morgan fingerprint density at radius 1 is 1.25 bits per heavy atom. The Kier molecular flexibility index (Phi) is 5.68. The molecule has 132 valence electrons. The highest BCUT2D eigenvalue weighted by Gasteiger charge is 2.62. The van der Waals surface area contributed by atoms with Crippen LogP contribution in [0.25, 0.3) is 0 Å². The molecule has 2 N–H and O–H groups in total. The molecule has 1 aliphatic rings. The molecule has 3 rings (SSSR count). The molecule has 0 radical (unpaired) electrons. The van der Waals surface area contributed by atoms with Crippen LogP contribution in [0.3, 0.4) is 0 Å². The van der Waals surface area contributed by atoms with Crippen LogP contribution in [-0.4, -0.2) is 22.9 Å². The van der Waals surface area contributed by atoms with Crippen molar-refractivity contribution in [3.63, 3.8) is 0 Å². The van der Waals surface area contributed by atoms with E-state index < -0.39 is 5.54 Å². The summed E-state index contributed by atoms with van der Waals surface area (Å²) in [6, 6.07) is 10.3. The van der Waals surface area contributed by atoms with Crippen LogP contribution in [0.2, 0.25) is 0 Å². The van der Waals surface area contributed by atoms with Gasteiger partial charge in [0.25, 0.3) is 0 Å². The van der Waals surface area contributed by atoms with Gasteiger partial charge in [-0.15, -0.1) is 12.4 Å². The van der Waals surface area contributed by atoms with E-state index in [9.17, 15) is 0 Å².